The van der Waals surface area contributed by atoms with Gasteiger partial charge in [0, 0.05) is 71.4 Å². The number of piperidine rings is 1. The van der Waals surface area contributed by atoms with Crippen LogP contribution in [0, 0.1) is 17.7 Å². The maximum absolute atomic E-state index is 14.3. The van der Waals surface area contributed by atoms with Crippen molar-refractivity contribution in [2.24, 2.45) is 11.8 Å². The van der Waals surface area contributed by atoms with Crippen molar-refractivity contribution in [2.45, 2.75) is 44.6 Å². The fraction of sp³-hybridized carbons (Fsp3) is 0.625. The van der Waals surface area contributed by atoms with Gasteiger partial charge in [-0.05, 0) is 37.2 Å². The predicted molar refractivity (Wildman–Crippen MR) is 126 cm³/mol. The van der Waals surface area contributed by atoms with Crippen LogP contribution >= 0.6 is 0 Å². The number of urea groups is 2. The standard InChI is InChI=1S/C24H33F4N5O4/c1-29-22(35)32-12-15(9-21(34)31(2)3)8-16(13-32)14-33(18-5-6-18)23(36)30-11-17-4-7-19(10-20(17)25)37-24(26,27)28/h4,7,10,15-16,18H,5-6,8-9,11-14H2,1-3H3,(H,29,35)(H,30,36). The van der Waals surface area contributed by atoms with Gasteiger partial charge in [0.15, 0.2) is 0 Å². The normalized spacial score (nSPS) is 19.7. The minimum absolute atomic E-state index is 0.0179. The molecule has 1 aromatic carbocycles. The fourth-order valence-corrected chi connectivity index (χ4v) is 4.56. The van der Waals surface area contributed by atoms with E-state index in [0.29, 0.717) is 38.5 Å². The largest absolute Gasteiger partial charge is 0.573 e. The highest BCUT2D eigenvalue weighted by atomic mass is 19.4. The summed E-state index contributed by atoms with van der Waals surface area (Å²) in [5.41, 5.74) is 0.0179. The number of hydrogen-bond acceptors (Lipinski definition) is 4. The van der Waals surface area contributed by atoms with E-state index in [4.69, 9.17) is 0 Å². The minimum atomic E-state index is -4.93. The second kappa shape index (κ2) is 11.9. The zero-order chi connectivity index (χ0) is 27.3. The summed E-state index contributed by atoms with van der Waals surface area (Å²) in [5.74, 6) is -1.76. The van der Waals surface area contributed by atoms with Crippen LogP contribution in [-0.4, -0.2) is 85.9 Å². The Bertz CT molecular complexity index is 986. The molecule has 2 fully saturated rings. The van der Waals surface area contributed by atoms with E-state index in [1.54, 1.807) is 23.9 Å². The number of alkyl halides is 3. The Balaban J connectivity index is 1.63. The topological polar surface area (TPSA) is 94.2 Å². The highest BCUT2D eigenvalue weighted by molar-refractivity contribution is 5.77. The van der Waals surface area contributed by atoms with Crippen molar-refractivity contribution < 1.29 is 36.7 Å². The van der Waals surface area contributed by atoms with Crippen molar-refractivity contribution in [3.8, 4) is 5.75 Å². The summed E-state index contributed by atoms with van der Waals surface area (Å²) in [6, 6.07) is 2.09. The molecule has 0 aromatic heterocycles. The van der Waals surface area contributed by atoms with Gasteiger partial charge in [-0.25, -0.2) is 14.0 Å². The first-order valence-electron chi connectivity index (χ1n) is 12.1. The summed E-state index contributed by atoms with van der Waals surface area (Å²) in [4.78, 5) is 42.5. The highest BCUT2D eigenvalue weighted by Gasteiger charge is 2.38. The van der Waals surface area contributed by atoms with Gasteiger partial charge >= 0.3 is 18.4 Å². The summed E-state index contributed by atoms with van der Waals surface area (Å²) in [6.45, 7) is 1.02. The number of halogens is 4. The van der Waals surface area contributed by atoms with E-state index >= 15 is 0 Å². The van der Waals surface area contributed by atoms with Crippen molar-refractivity contribution in [1.29, 1.82) is 0 Å². The molecule has 0 spiro atoms. The summed E-state index contributed by atoms with van der Waals surface area (Å²) >= 11 is 0. The number of carbonyl (C=O) groups excluding carboxylic acids is 3. The Morgan fingerprint density at radius 1 is 1.14 bits per heavy atom. The zero-order valence-electron chi connectivity index (χ0n) is 21.1. The third-order valence-electron chi connectivity index (χ3n) is 6.48. The van der Waals surface area contributed by atoms with Gasteiger partial charge in [-0.15, -0.1) is 13.2 Å². The number of likely N-dealkylation sites (tertiary alicyclic amines) is 1. The van der Waals surface area contributed by atoms with Crippen LogP contribution in [0.3, 0.4) is 0 Å². The lowest BCUT2D eigenvalue weighted by atomic mass is 9.86. The molecule has 0 bridgehead atoms. The third-order valence-corrected chi connectivity index (χ3v) is 6.48. The van der Waals surface area contributed by atoms with Crippen LogP contribution in [0.15, 0.2) is 18.2 Å². The molecule has 2 unspecified atom stereocenters. The lowest BCUT2D eigenvalue weighted by Gasteiger charge is -2.39. The number of carbonyl (C=O) groups is 3. The van der Waals surface area contributed by atoms with E-state index in [1.165, 1.54) is 11.9 Å². The van der Waals surface area contributed by atoms with Gasteiger partial charge in [-0.2, -0.15) is 0 Å². The molecule has 3 rings (SSSR count). The molecule has 2 atom stereocenters. The molecule has 1 aliphatic carbocycles. The summed E-state index contributed by atoms with van der Waals surface area (Å²) < 4.78 is 55.1. The van der Waals surface area contributed by atoms with E-state index in [2.05, 4.69) is 15.4 Å². The van der Waals surface area contributed by atoms with Gasteiger partial charge in [-0.1, -0.05) is 6.07 Å². The molecular weight excluding hydrogens is 498 g/mol. The molecule has 0 radical (unpaired) electrons. The summed E-state index contributed by atoms with van der Waals surface area (Å²) in [7, 11) is 4.90. The summed E-state index contributed by atoms with van der Waals surface area (Å²) in [5, 5.41) is 5.27. The second-order valence-electron chi connectivity index (χ2n) is 9.76. The van der Waals surface area contributed by atoms with E-state index in [0.717, 1.165) is 25.0 Å². The zero-order valence-corrected chi connectivity index (χ0v) is 21.1. The van der Waals surface area contributed by atoms with Gasteiger partial charge in [0.05, 0.1) is 0 Å². The molecule has 37 heavy (non-hydrogen) atoms. The van der Waals surface area contributed by atoms with Gasteiger partial charge in [-0.3, -0.25) is 4.79 Å². The lowest BCUT2D eigenvalue weighted by molar-refractivity contribution is -0.274. The quantitative estimate of drug-likeness (QED) is 0.504. The maximum Gasteiger partial charge on any atom is 0.573 e. The van der Waals surface area contributed by atoms with Crippen LogP contribution in [0.1, 0.15) is 31.2 Å². The van der Waals surface area contributed by atoms with Crippen LogP contribution in [-0.2, 0) is 11.3 Å². The Morgan fingerprint density at radius 2 is 1.81 bits per heavy atom. The van der Waals surface area contributed by atoms with E-state index < -0.39 is 24.0 Å². The van der Waals surface area contributed by atoms with Crippen LogP contribution < -0.4 is 15.4 Å². The van der Waals surface area contributed by atoms with Gasteiger partial charge in [0.2, 0.25) is 5.91 Å². The maximum atomic E-state index is 14.3. The van der Waals surface area contributed by atoms with Crippen LogP contribution in [0.2, 0.25) is 0 Å². The van der Waals surface area contributed by atoms with Crippen LogP contribution in [0.4, 0.5) is 27.2 Å². The number of nitrogens with zero attached hydrogens (tertiary/aromatic N) is 3. The predicted octanol–water partition coefficient (Wildman–Crippen LogP) is 3.15. The van der Waals surface area contributed by atoms with Crippen molar-refractivity contribution in [3.63, 3.8) is 0 Å². The number of benzene rings is 1. The molecule has 2 N–H and O–H groups in total. The molecule has 1 saturated heterocycles. The van der Waals surface area contributed by atoms with Crippen LogP contribution in [0.25, 0.3) is 0 Å². The average Bonchev–Trinajstić information content (AvgIpc) is 3.65. The fourth-order valence-electron chi connectivity index (χ4n) is 4.56. The average molecular weight is 532 g/mol. The van der Waals surface area contributed by atoms with Gasteiger partial charge in [0.1, 0.15) is 11.6 Å². The SMILES string of the molecule is CNC(=O)N1CC(CC(=O)N(C)C)CC(CN(C(=O)NCc2ccc(OC(F)(F)F)cc2F)C2CC2)C1. The van der Waals surface area contributed by atoms with Crippen molar-refractivity contribution >= 4 is 18.0 Å². The molecule has 1 aromatic rings. The molecular formula is C24H33F4N5O4. The molecule has 5 amide bonds. The second-order valence-corrected chi connectivity index (χ2v) is 9.76. The molecule has 13 heteroatoms. The number of ether oxygens (including phenoxy) is 1. The molecule has 1 saturated carbocycles. The van der Waals surface area contributed by atoms with Crippen molar-refractivity contribution in [3.05, 3.63) is 29.6 Å². The molecule has 9 nitrogen and oxygen atoms in total. The third kappa shape index (κ3) is 8.39. The van der Waals surface area contributed by atoms with E-state index in [9.17, 15) is 31.9 Å². The molecule has 1 heterocycles. The first-order chi connectivity index (χ1) is 17.4. The molecule has 1 aliphatic heterocycles. The first-order valence-corrected chi connectivity index (χ1v) is 12.1. The number of rotatable bonds is 8. The van der Waals surface area contributed by atoms with Gasteiger partial charge in [0.25, 0.3) is 0 Å². The van der Waals surface area contributed by atoms with Crippen LogP contribution in [0.5, 0.6) is 5.75 Å². The monoisotopic (exact) mass is 531 g/mol. The smallest absolute Gasteiger partial charge is 0.406 e. The van der Waals surface area contributed by atoms with Gasteiger partial charge < -0.3 is 30.1 Å². The Morgan fingerprint density at radius 3 is 2.38 bits per heavy atom. The summed E-state index contributed by atoms with van der Waals surface area (Å²) in [6.07, 6.45) is -2.34. The lowest BCUT2D eigenvalue weighted by Crippen LogP contribution is -2.52. The highest BCUT2D eigenvalue weighted by Crippen LogP contribution is 2.32. The molecule has 206 valence electrons. The molecule has 2 aliphatic rings. The van der Waals surface area contributed by atoms with Crippen molar-refractivity contribution in [1.82, 2.24) is 25.3 Å². The van der Waals surface area contributed by atoms with Crippen molar-refractivity contribution in [2.75, 3.05) is 40.8 Å². The Hall–Kier alpha value is -3.25. The minimum Gasteiger partial charge on any atom is -0.406 e. The first kappa shape index (κ1) is 28.3. The number of hydrogen-bond donors (Lipinski definition) is 2. The number of amides is 5. The number of nitrogens with one attached hydrogen (secondary N) is 2. The van der Waals surface area contributed by atoms with E-state index in [-0.39, 0.29) is 41.9 Å². The Labute approximate surface area is 213 Å². The van der Waals surface area contributed by atoms with E-state index in [1.807, 2.05) is 0 Å². The Kier molecular flexibility index (Phi) is 9.08.